The Hall–Kier alpha value is -2.80. The molecule has 0 radical (unpaired) electrons. The molecule has 6 nitrogen and oxygen atoms in total. The summed E-state index contributed by atoms with van der Waals surface area (Å²) >= 11 is 1.23. The molecule has 3 rings (SSSR count). The lowest BCUT2D eigenvalue weighted by Gasteiger charge is -2.08. The van der Waals surface area contributed by atoms with Crippen molar-refractivity contribution in [3.8, 4) is 23.0 Å². The molecule has 1 atom stereocenters. The Balaban J connectivity index is 1.76. The SMILES string of the molecule is COc1ccc(-c2nnc(S[C@H](C)C(=O)c3ccc(C)cc3)o2)c(OC)c1. The third-order valence-corrected chi connectivity index (χ3v) is 4.96. The molecule has 3 aromatic rings. The molecule has 1 heterocycles. The Kier molecular flexibility index (Phi) is 5.81. The van der Waals surface area contributed by atoms with E-state index in [1.165, 1.54) is 11.8 Å². The molecule has 1 aromatic heterocycles. The number of benzene rings is 2. The van der Waals surface area contributed by atoms with Crippen molar-refractivity contribution in [2.45, 2.75) is 24.3 Å². The number of ether oxygens (including phenoxy) is 2. The first-order chi connectivity index (χ1) is 13.0. The maximum absolute atomic E-state index is 12.6. The topological polar surface area (TPSA) is 74.5 Å². The first kappa shape index (κ1) is 19.0. The van der Waals surface area contributed by atoms with Crippen LogP contribution in [-0.2, 0) is 0 Å². The molecule has 0 fully saturated rings. The molecule has 0 unspecified atom stereocenters. The number of Topliss-reactive ketones (excluding diaryl/α,β-unsaturated/α-hetero) is 1. The van der Waals surface area contributed by atoms with Gasteiger partial charge in [-0.2, -0.15) is 0 Å². The fourth-order valence-corrected chi connectivity index (χ4v) is 3.26. The quantitative estimate of drug-likeness (QED) is 0.441. The molecule has 0 amide bonds. The zero-order valence-corrected chi connectivity index (χ0v) is 16.4. The Bertz CT molecular complexity index is 937. The number of ketones is 1. The molecular formula is C20H20N2O4S. The van der Waals surface area contributed by atoms with Crippen molar-refractivity contribution in [1.82, 2.24) is 10.2 Å². The number of carbonyl (C=O) groups excluding carboxylic acids is 1. The van der Waals surface area contributed by atoms with Crippen molar-refractivity contribution in [2.75, 3.05) is 14.2 Å². The maximum Gasteiger partial charge on any atom is 0.277 e. The lowest BCUT2D eigenvalue weighted by molar-refractivity contribution is 0.0993. The van der Waals surface area contributed by atoms with E-state index in [9.17, 15) is 4.79 Å². The number of hydrogen-bond donors (Lipinski definition) is 0. The minimum absolute atomic E-state index is 0.0155. The lowest BCUT2D eigenvalue weighted by Crippen LogP contribution is -2.13. The molecule has 0 aliphatic heterocycles. The van der Waals surface area contributed by atoms with Crippen LogP contribution in [-0.4, -0.2) is 35.5 Å². The van der Waals surface area contributed by atoms with Crippen LogP contribution in [0.15, 0.2) is 52.1 Å². The number of methoxy groups -OCH3 is 2. The van der Waals surface area contributed by atoms with E-state index in [1.54, 1.807) is 32.4 Å². The highest BCUT2D eigenvalue weighted by Crippen LogP contribution is 2.34. The number of rotatable bonds is 7. The summed E-state index contributed by atoms with van der Waals surface area (Å²) in [6.07, 6.45) is 0. The number of thioether (sulfide) groups is 1. The summed E-state index contributed by atoms with van der Waals surface area (Å²) in [7, 11) is 3.15. The van der Waals surface area contributed by atoms with Gasteiger partial charge in [-0.1, -0.05) is 41.6 Å². The van der Waals surface area contributed by atoms with Gasteiger partial charge in [0.15, 0.2) is 5.78 Å². The minimum Gasteiger partial charge on any atom is -0.497 e. The summed E-state index contributed by atoms with van der Waals surface area (Å²) in [5.41, 5.74) is 2.44. The number of aromatic nitrogens is 2. The second-order valence-corrected chi connectivity index (χ2v) is 7.22. The van der Waals surface area contributed by atoms with Gasteiger partial charge in [-0.15, -0.1) is 10.2 Å². The van der Waals surface area contributed by atoms with E-state index < -0.39 is 0 Å². The van der Waals surface area contributed by atoms with Crippen molar-refractivity contribution in [2.24, 2.45) is 0 Å². The zero-order chi connectivity index (χ0) is 19.4. The second-order valence-electron chi connectivity index (χ2n) is 5.93. The standard InChI is InChI=1S/C20H20N2O4S/c1-12-5-7-14(8-6-12)18(23)13(2)27-20-22-21-19(26-20)16-10-9-15(24-3)11-17(16)25-4/h5-11,13H,1-4H3/t13-/m1/s1. The van der Waals surface area contributed by atoms with Crippen molar-refractivity contribution >= 4 is 17.5 Å². The molecule has 27 heavy (non-hydrogen) atoms. The molecule has 0 saturated heterocycles. The molecule has 0 bridgehead atoms. The number of carbonyl (C=O) groups is 1. The number of aryl methyl sites for hydroxylation is 1. The Morgan fingerprint density at radius 1 is 1.07 bits per heavy atom. The van der Waals surface area contributed by atoms with E-state index >= 15 is 0 Å². The molecule has 0 aliphatic carbocycles. The Morgan fingerprint density at radius 2 is 1.81 bits per heavy atom. The third-order valence-electron chi connectivity index (χ3n) is 4.03. The average molecular weight is 384 g/mol. The van der Waals surface area contributed by atoms with E-state index in [1.807, 2.05) is 38.1 Å². The summed E-state index contributed by atoms with van der Waals surface area (Å²) in [4.78, 5) is 12.6. The van der Waals surface area contributed by atoms with Crippen molar-refractivity contribution < 1.29 is 18.7 Å². The fraction of sp³-hybridized carbons (Fsp3) is 0.250. The summed E-state index contributed by atoms with van der Waals surface area (Å²) in [5, 5.41) is 8.11. The first-order valence-electron chi connectivity index (χ1n) is 8.35. The van der Waals surface area contributed by atoms with Crippen LogP contribution < -0.4 is 9.47 Å². The van der Waals surface area contributed by atoms with Crippen LogP contribution in [0.25, 0.3) is 11.5 Å². The molecule has 0 N–H and O–H groups in total. The van der Waals surface area contributed by atoms with E-state index in [0.29, 0.717) is 33.7 Å². The van der Waals surface area contributed by atoms with Crippen LogP contribution in [0.3, 0.4) is 0 Å². The Morgan fingerprint density at radius 3 is 2.48 bits per heavy atom. The van der Waals surface area contributed by atoms with E-state index in [2.05, 4.69) is 10.2 Å². The van der Waals surface area contributed by atoms with Gasteiger partial charge in [0.25, 0.3) is 11.1 Å². The van der Waals surface area contributed by atoms with Gasteiger partial charge in [0.2, 0.25) is 0 Å². The molecule has 0 spiro atoms. The first-order valence-corrected chi connectivity index (χ1v) is 9.23. The van der Waals surface area contributed by atoms with Crippen LogP contribution in [0.1, 0.15) is 22.8 Å². The predicted molar refractivity (Wildman–Crippen MR) is 104 cm³/mol. The van der Waals surface area contributed by atoms with Crippen molar-refractivity contribution in [3.05, 3.63) is 53.6 Å². The highest BCUT2D eigenvalue weighted by atomic mass is 32.2. The normalized spacial score (nSPS) is 11.9. The monoisotopic (exact) mass is 384 g/mol. The molecular weight excluding hydrogens is 364 g/mol. The van der Waals surface area contributed by atoms with E-state index in [-0.39, 0.29) is 11.0 Å². The van der Waals surface area contributed by atoms with Gasteiger partial charge in [0, 0.05) is 11.6 Å². The van der Waals surface area contributed by atoms with Gasteiger partial charge in [0.1, 0.15) is 11.5 Å². The smallest absolute Gasteiger partial charge is 0.277 e. The molecule has 140 valence electrons. The fourth-order valence-electron chi connectivity index (χ4n) is 2.50. The predicted octanol–water partition coefficient (Wildman–Crippen LogP) is 4.43. The highest BCUT2D eigenvalue weighted by Gasteiger charge is 2.21. The molecule has 2 aromatic carbocycles. The van der Waals surface area contributed by atoms with Gasteiger partial charge in [-0.3, -0.25) is 4.79 Å². The van der Waals surface area contributed by atoms with Crippen LogP contribution in [0.4, 0.5) is 0 Å². The summed E-state index contributed by atoms with van der Waals surface area (Å²) in [6, 6.07) is 12.8. The summed E-state index contributed by atoms with van der Waals surface area (Å²) in [5.74, 6) is 1.58. The van der Waals surface area contributed by atoms with Crippen LogP contribution in [0.5, 0.6) is 11.5 Å². The molecule has 0 aliphatic rings. The largest absolute Gasteiger partial charge is 0.497 e. The molecule has 7 heteroatoms. The number of nitrogens with zero attached hydrogens (tertiary/aromatic N) is 2. The van der Waals surface area contributed by atoms with Gasteiger partial charge in [-0.25, -0.2) is 0 Å². The lowest BCUT2D eigenvalue weighted by atomic mass is 10.1. The van der Waals surface area contributed by atoms with Crippen LogP contribution in [0, 0.1) is 6.92 Å². The second kappa shape index (κ2) is 8.26. The molecule has 0 saturated carbocycles. The van der Waals surface area contributed by atoms with E-state index in [0.717, 1.165) is 5.56 Å². The number of hydrogen-bond acceptors (Lipinski definition) is 7. The van der Waals surface area contributed by atoms with Gasteiger partial charge >= 0.3 is 0 Å². The van der Waals surface area contributed by atoms with Crippen molar-refractivity contribution in [3.63, 3.8) is 0 Å². The van der Waals surface area contributed by atoms with Gasteiger partial charge in [-0.05, 0) is 26.0 Å². The zero-order valence-electron chi connectivity index (χ0n) is 15.6. The summed E-state index contributed by atoms with van der Waals surface area (Å²) < 4.78 is 16.3. The summed E-state index contributed by atoms with van der Waals surface area (Å²) in [6.45, 7) is 3.81. The highest BCUT2D eigenvalue weighted by molar-refractivity contribution is 8.00. The van der Waals surface area contributed by atoms with Crippen molar-refractivity contribution in [1.29, 1.82) is 0 Å². The van der Waals surface area contributed by atoms with Gasteiger partial charge in [0.05, 0.1) is 25.0 Å². The average Bonchev–Trinajstić information content (AvgIpc) is 3.15. The van der Waals surface area contributed by atoms with E-state index in [4.69, 9.17) is 13.9 Å². The van der Waals surface area contributed by atoms with Gasteiger partial charge < -0.3 is 13.9 Å². The Labute approximate surface area is 161 Å². The van der Waals surface area contributed by atoms with Crippen LogP contribution in [0.2, 0.25) is 0 Å². The minimum atomic E-state index is -0.348. The third kappa shape index (κ3) is 4.31. The van der Waals surface area contributed by atoms with Crippen LogP contribution >= 0.6 is 11.8 Å². The maximum atomic E-state index is 12.6.